The van der Waals surface area contributed by atoms with Gasteiger partial charge in [0, 0.05) is 51.5 Å². The molecule has 5 heteroatoms. The van der Waals surface area contributed by atoms with Gasteiger partial charge in [-0.1, -0.05) is 108 Å². The van der Waals surface area contributed by atoms with E-state index in [0.29, 0.717) is 11.5 Å². The molecule has 0 unspecified atom stereocenters. The first-order valence-electron chi connectivity index (χ1n) is 16.1. The largest absolute Gasteiger partial charge is 0.507 e. The number of benzene rings is 2. The second-order valence-electron chi connectivity index (χ2n) is 16.3. The van der Waals surface area contributed by atoms with Crippen molar-refractivity contribution >= 4 is 12.4 Å². The third-order valence-corrected chi connectivity index (χ3v) is 8.28. The number of phenols is 2. The molecule has 1 aliphatic carbocycles. The number of allylic oxidation sites excluding steroid dienone is 2. The number of aliphatic imine (C=N–C) groups is 2. The summed E-state index contributed by atoms with van der Waals surface area (Å²) in [5, 5.41) is 22.5. The number of hydrogen-bond acceptors (Lipinski definition) is 4. The zero-order valence-electron chi connectivity index (χ0n) is 30.1. The van der Waals surface area contributed by atoms with Crippen LogP contribution in [0.5, 0.6) is 11.5 Å². The molecule has 2 N–H and O–H groups in total. The maximum Gasteiger partial charge on any atom is 0.128 e. The maximum atomic E-state index is 11.2. The van der Waals surface area contributed by atoms with Crippen molar-refractivity contribution in [1.82, 2.24) is 0 Å². The summed E-state index contributed by atoms with van der Waals surface area (Å²) in [7, 11) is 0. The van der Waals surface area contributed by atoms with Crippen molar-refractivity contribution in [2.24, 2.45) is 9.98 Å². The number of nitrogens with zero attached hydrogens (tertiary/aromatic N) is 2. The zero-order valence-corrected chi connectivity index (χ0v) is 31.1. The van der Waals surface area contributed by atoms with Gasteiger partial charge in [0.15, 0.2) is 0 Å². The Bertz CT molecular complexity index is 1250. The van der Waals surface area contributed by atoms with Crippen LogP contribution in [0.2, 0.25) is 0 Å². The van der Waals surface area contributed by atoms with Crippen LogP contribution >= 0.6 is 0 Å². The van der Waals surface area contributed by atoms with E-state index in [1.54, 1.807) is 0 Å². The van der Waals surface area contributed by atoms with E-state index in [2.05, 4.69) is 127 Å². The van der Waals surface area contributed by atoms with Crippen molar-refractivity contribution in [3.8, 4) is 11.5 Å². The predicted octanol–water partition coefficient (Wildman–Crippen LogP) is 10.3. The Labute approximate surface area is 285 Å². The molecule has 2 aromatic carbocycles. The predicted molar refractivity (Wildman–Crippen MR) is 191 cm³/mol. The Kier molecular flexibility index (Phi) is 14.2. The van der Waals surface area contributed by atoms with Gasteiger partial charge in [0.2, 0.25) is 0 Å². The second-order valence-corrected chi connectivity index (χ2v) is 16.3. The van der Waals surface area contributed by atoms with Gasteiger partial charge in [-0.15, -0.1) is 0 Å². The summed E-state index contributed by atoms with van der Waals surface area (Å²) in [6, 6.07) is 8.53. The Morgan fingerprint density at radius 1 is 0.644 bits per heavy atom. The Hall–Kier alpha value is -2.63. The summed E-state index contributed by atoms with van der Waals surface area (Å²) in [6.45, 7) is 32.6. The molecule has 1 aliphatic rings. The van der Waals surface area contributed by atoms with E-state index in [4.69, 9.17) is 9.98 Å². The van der Waals surface area contributed by atoms with Crippen LogP contribution in [0.15, 0.2) is 53.5 Å². The second kappa shape index (κ2) is 15.8. The normalized spacial score (nSPS) is 17.9. The molecule has 45 heavy (non-hydrogen) atoms. The van der Waals surface area contributed by atoms with Crippen LogP contribution in [0.1, 0.15) is 142 Å². The Balaban J connectivity index is 0.00000191. The Morgan fingerprint density at radius 3 is 1.20 bits per heavy atom. The van der Waals surface area contributed by atoms with Crippen molar-refractivity contribution in [3.05, 3.63) is 83.0 Å². The third-order valence-electron chi connectivity index (χ3n) is 8.28. The van der Waals surface area contributed by atoms with Crippen molar-refractivity contribution in [1.29, 1.82) is 0 Å². The van der Waals surface area contributed by atoms with E-state index >= 15 is 0 Å². The monoisotopic (exact) mass is 658 g/mol. The van der Waals surface area contributed by atoms with Gasteiger partial charge in [0.25, 0.3) is 0 Å². The van der Waals surface area contributed by atoms with E-state index in [0.717, 1.165) is 47.9 Å². The van der Waals surface area contributed by atoms with Gasteiger partial charge in [-0.2, -0.15) is 6.58 Å². The fourth-order valence-corrected chi connectivity index (χ4v) is 5.31. The number of hydrogen-bond donors (Lipinski definition) is 2. The van der Waals surface area contributed by atoms with Crippen LogP contribution in [0.4, 0.5) is 0 Å². The first kappa shape index (κ1) is 40.4. The maximum absolute atomic E-state index is 11.2. The van der Waals surface area contributed by atoms with E-state index in [1.165, 1.54) is 17.2 Å². The summed E-state index contributed by atoms with van der Waals surface area (Å²) in [6.07, 6.45) is 11.9. The van der Waals surface area contributed by atoms with Crippen molar-refractivity contribution in [2.45, 2.75) is 143 Å². The smallest absolute Gasteiger partial charge is 0.128 e. The van der Waals surface area contributed by atoms with Crippen LogP contribution in [0, 0.1) is 6.08 Å². The minimum atomic E-state index is -0.179. The summed E-state index contributed by atoms with van der Waals surface area (Å²) in [5.74, 6) is 0.637. The van der Waals surface area contributed by atoms with Crippen LogP contribution in [0.25, 0.3) is 0 Å². The minimum absolute atomic E-state index is 0. The van der Waals surface area contributed by atoms with Gasteiger partial charge in [-0.3, -0.25) is 16.1 Å². The topological polar surface area (TPSA) is 65.2 Å². The number of rotatable bonds is 5. The van der Waals surface area contributed by atoms with E-state index in [1.807, 2.05) is 12.4 Å². The molecule has 0 saturated heterocycles. The third kappa shape index (κ3) is 11.3. The molecule has 0 aromatic heterocycles. The molecule has 251 valence electrons. The van der Waals surface area contributed by atoms with Crippen molar-refractivity contribution < 1.29 is 27.0 Å². The summed E-state index contributed by atoms with van der Waals surface area (Å²) < 4.78 is 0. The molecule has 1 saturated carbocycles. The van der Waals surface area contributed by atoms with Gasteiger partial charge >= 0.3 is 0 Å². The van der Waals surface area contributed by atoms with Crippen LogP contribution in [-0.4, -0.2) is 34.7 Å². The molecule has 2 aromatic rings. The first-order chi connectivity index (χ1) is 20.1. The SMILES string of the molecule is C=[C-]C=C.CC(C)(C)c1cc(C=N[C@@H]2CCCC[C@H]2N=Cc2cc(C(C)(C)C)cc(C(C)(C)C)c2O)c(O)c(C(C)(C)C)c1.[Co]. The van der Waals surface area contributed by atoms with Crippen LogP contribution < -0.4 is 0 Å². The van der Waals surface area contributed by atoms with Crippen molar-refractivity contribution in [3.63, 3.8) is 0 Å². The fraction of sp³-hybridized carbons (Fsp3) is 0.550. The quantitative estimate of drug-likeness (QED) is 0.191. The molecule has 3 rings (SSSR count). The summed E-state index contributed by atoms with van der Waals surface area (Å²) >= 11 is 0. The van der Waals surface area contributed by atoms with Gasteiger partial charge in [0.1, 0.15) is 11.5 Å². The molecule has 0 heterocycles. The van der Waals surface area contributed by atoms with E-state index in [-0.39, 0.29) is 50.5 Å². The molecular formula is C40H59CoN2O2-. The van der Waals surface area contributed by atoms with Gasteiger partial charge in [-0.25, -0.2) is 12.7 Å². The molecule has 2 atom stereocenters. The molecule has 0 bridgehead atoms. The molecule has 1 radical (unpaired) electrons. The minimum Gasteiger partial charge on any atom is -0.507 e. The fourth-order valence-electron chi connectivity index (χ4n) is 5.31. The molecule has 0 spiro atoms. The summed E-state index contributed by atoms with van der Waals surface area (Å²) in [5.41, 5.74) is 5.39. The first-order valence-corrected chi connectivity index (χ1v) is 16.1. The average molecular weight is 659 g/mol. The Morgan fingerprint density at radius 2 is 0.956 bits per heavy atom. The van der Waals surface area contributed by atoms with Crippen molar-refractivity contribution in [2.75, 3.05) is 0 Å². The molecule has 4 nitrogen and oxygen atoms in total. The standard InChI is InChI=1S/C36H54N2O2.C4H5.Co/c1-33(2,3)25-17-23(31(39)27(19-25)35(7,8)9)21-37-29-15-13-14-16-30(29)38-22-24-18-26(34(4,5)6)20-28(32(24)40)36(10,11)12;1-3-4-2;/h17-22,29-30,39-40H,13-16H2,1-12H3;3H,1-2H2;/q;-1;/t29-,30-;;/m1../s1. The summed E-state index contributed by atoms with van der Waals surface area (Å²) in [4.78, 5) is 10.1. The number of aromatic hydroxyl groups is 2. The average Bonchev–Trinajstić information content (AvgIpc) is 2.89. The molecule has 0 amide bonds. The van der Waals surface area contributed by atoms with Gasteiger partial charge in [0.05, 0.1) is 12.1 Å². The van der Waals surface area contributed by atoms with Crippen LogP contribution in [0.3, 0.4) is 0 Å². The van der Waals surface area contributed by atoms with Crippen LogP contribution in [-0.2, 0) is 38.4 Å². The van der Waals surface area contributed by atoms with E-state index in [9.17, 15) is 10.2 Å². The van der Waals surface area contributed by atoms with Gasteiger partial charge in [-0.05, 0) is 57.8 Å². The molecular weight excluding hydrogens is 599 g/mol. The zero-order chi connectivity index (χ0) is 33.7. The molecule has 0 aliphatic heterocycles. The van der Waals surface area contributed by atoms with E-state index < -0.39 is 0 Å². The number of phenolic OH excluding ortho intramolecular Hbond substituents is 2. The molecule has 1 fully saturated rings. The van der Waals surface area contributed by atoms with Gasteiger partial charge < -0.3 is 10.2 Å².